The molecule has 1 aliphatic rings. The Morgan fingerprint density at radius 1 is 0.346 bits per heavy atom. The molecular weight excluding hydrogens is 629 g/mol. The van der Waals surface area contributed by atoms with E-state index in [0.29, 0.717) is 0 Å². The third-order valence-electron chi connectivity index (χ3n) is 10.3. The standard InChI is InChI=1S/C50H34N2/c1-4-14-35(15-5-1)39-32-40(36-16-6-2-7-17-36)34-44(33-39)51(41-21-8-3-9-22-41)42-27-29-43(30-28-42)52-47-25-13-20-38-19-12-24-46(49(38)47)50-45-23-11-10-18-37(45)26-31-48(50)52/h1-34H. The van der Waals surface area contributed by atoms with Gasteiger partial charge in [0.1, 0.15) is 0 Å². The maximum atomic E-state index is 2.44. The van der Waals surface area contributed by atoms with Crippen LogP contribution in [0.4, 0.5) is 34.1 Å². The summed E-state index contributed by atoms with van der Waals surface area (Å²) in [6.07, 6.45) is 0. The third-order valence-corrected chi connectivity index (χ3v) is 10.3. The molecule has 0 aromatic heterocycles. The van der Waals surface area contributed by atoms with Crippen LogP contribution in [0.15, 0.2) is 206 Å². The summed E-state index contributed by atoms with van der Waals surface area (Å²) >= 11 is 0. The minimum Gasteiger partial charge on any atom is -0.310 e. The lowest BCUT2D eigenvalue weighted by Crippen LogP contribution is -2.16. The molecule has 9 aromatic rings. The highest BCUT2D eigenvalue weighted by atomic mass is 15.2. The van der Waals surface area contributed by atoms with Crippen molar-refractivity contribution < 1.29 is 0 Å². The summed E-state index contributed by atoms with van der Waals surface area (Å²) < 4.78 is 0. The predicted octanol–water partition coefficient (Wildman–Crippen LogP) is 14.2. The van der Waals surface area contributed by atoms with Gasteiger partial charge in [0.25, 0.3) is 0 Å². The van der Waals surface area contributed by atoms with E-state index in [1.165, 1.54) is 66.3 Å². The second kappa shape index (κ2) is 12.5. The van der Waals surface area contributed by atoms with Crippen molar-refractivity contribution in [1.82, 2.24) is 0 Å². The van der Waals surface area contributed by atoms with Crippen molar-refractivity contribution in [3.63, 3.8) is 0 Å². The van der Waals surface area contributed by atoms with E-state index >= 15 is 0 Å². The van der Waals surface area contributed by atoms with Crippen LogP contribution in [0.5, 0.6) is 0 Å². The molecule has 244 valence electrons. The molecule has 0 saturated heterocycles. The van der Waals surface area contributed by atoms with E-state index < -0.39 is 0 Å². The van der Waals surface area contributed by atoms with Crippen molar-refractivity contribution in [2.24, 2.45) is 0 Å². The van der Waals surface area contributed by atoms with Gasteiger partial charge in [-0.25, -0.2) is 0 Å². The van der Waals surface area contributed by atoms with Crippen LogP contribution in [0.25, 0.3) is 54.9 Å². The van der Waals surface area contributed by atoms with Gasteiger partial charge in [-0.1, -0.05) is 140 Å². The van der Waals surface area contributed by atoms with E-state index in [2.05, 4.69) is 216 Å². The average Bonchev–Trinajstić information content (AvgIpc) is 3.22. The SMILES string of the molecule is c1ccc(-c2cc(-c3ccccc3)cc(N(c3ccccc3)c3ccc(N4c5ccc6ccccc6c5-c5cccc6cccc4c56)cc3)c2)cc1. The molecule has 1 heterocycles. The lowest BCUT2D eigenvalue weighted by molar-refractivity contribution is 1.26. The summed E-state index contributed by atoms with van der Waals surface area (Å²) in [7, 11) is 0. The number of hydrogen-bond acceptors (Lipinski definition) is 2. The summed E-state index contributed by atoms with van der Waals surface area (Å²) in [5.41, 5.74) is 14.1. The minimum atomic E-state index is 1.09. The van der Waals surface area contributed by atoms with Gasteiger partial charge < -0.3 is 9.80 Å². The molecule has 0 spiro atoms. The van der Waals surface area contributed by atoms with E-state index in [9.17, 15) is 0 Å². The molecule has 1 aliphatic heterocycles. The molecular formula is C50H34N2. The maximum Gasteiger partial charge on any atom is 0.0547 e. The van der Waals surface area contributed by atoms with Crippen LogP contribution in [-0.4, -0.2) is 0 Å². The zero-order chi connectivity index (χ0) is 34.4. The summed E-state index contributed by atoms with van der Waals surface area (Å²) in [5, 5.41) is 5.05. The summed E-state index contributed by atoms with van der Waals surface area (Å²) in [4.78, 5) is 4.81. The van der Waals surface area contributed by atoms with Gasteiger partial charge in [-0.05, 0) is 111 Å². The molecule has 0 atom stereocenters. The average molecular weight is 663 g/mol. The van der Waals surface area contributed by atoms with Gasteiger partial charge in [0.05, 0.1) is 11.4 Å². The number of nitrogens with zero attached hydrogens (tertiary/aromatic N) is 2. The third kappa shape index (κ3) is 5.04. The minimum absolute atomic E-state index is 1.09. The lowest BCUT2D eigenvalue weighted by atomic mass is 9.87. The molecule has 0 bridgehead atoms. The molecule has 0 amide bonds. The zero-order valence-electron chi connectivity index (χ0n) is 28.5. The lowest BCUT2D eigenvalue weighted by Gasteiger charge is -2.34. The van der Waals surface area contributed by atoms with Gasteiger partial charge in [-0.15, -0.1) is 0 Å². The maximum absolute atomic E-state index is 2.44. The van der Waals surface area contributed by atoms with Gasteiger partial charge >= 0.3 is 0 Å². The summed E-state index contributed by atoms with van der Waals surface area (Å²) in [6.45, 7) is 0. The first-order valence-corrected chi connectivity index (χ1v) is 17.9. The Bertz CT molecular complexity index is 2660. The van der Waals surface area contributed by atoms with Crippen molar-refractivity contribution in [2.45, 2.75) is 0 Å². The smallest absolute Gasteiger partial charge is 0.0547 e. The number of rotatable bonds is 6. The van der Waals surface area contributed by atoms with Gasteiger partial charge in [0.15, 0.2) is 0 Å². The number of para-hydroxylation sites is 1. The van der Waals surface area contributed by atoms with Gasteiger partial charge in [-0.2, -0.15) is 0 Å². The first kappa shape index (κ1) is 30.0. The Kier molecular flexibility index (Phi) is 7.18. The van der Waals surface area contributed by atoms with Crippen LogP contribution in [0.3, 0.4) is 0 Å². The Hall–Kier alpha value is -6.90. The Morgan fingerprint density at radius 3 is 1.62 bits per heavy atom. The van der Waals surface area contributed by atoms with Crippen LogP contribution in [0.1, 0.15) is 0 Å². The fraction of sp³-hybridized carbons (Fsp3) is 0. The topological polar surface area (TPSA) is 6.48 Å². The number of fused-ring (bicyclic) bond motifs is 4. The van der Waals surface area contributed by atoms with Gasteiger partial charge in [0, 0.05) is 33.7 Å². The van der Waals surface area contributed by atoms with Crippen LogP contribution in [0, 0.1) is 0 Å². The van der Waals surface area contributed by atoms with Crippen LogP contribution in [-0.2, 0) is 0 Å². The van der Waals surface area contributed by atoms with Gasteiger partial charge in [0.2, 0.25) is 0 Å². The van der Waals surface area contributed by atoms with Gasteiger partial charge in [-0.3, -0.25) is 0 Å². The van der Waals surface area contributed by atoms with Crippen molar-refractivity contribution >= 4 is 55.7 Å². The fourth-order valence-electron chi connectivity index (χ4n) is 7.96. The fourth-order valence-corrected chi connectivity index (χ4v) is 7.96. The largest absolute Gasteiger partial charge is 0.310 e. The molecule has 0 aliphatic carbocycles. The molecule has 2 heteroatoms. The van der Waals surface area contributed by atoms with Crippen molar-refractivity contribution in [3.8, 4) is 33.4 Å². The zero-order valence-corrected chi connectivity index (χ0v) is 28.5. The Labute approximate surface area is 304 Å². The highest BCUT2D eigenvalue weighted by Crippen LogP contribution is 2.53. The molecule has 0 unspecified atom stereocenters. The number of anilines is 6. The van der Waals surface area contributed by atoms with E-state index in [1.807, 2.05) is 0 Å². The molecule has 2 nitrogen and oxygen atoms in total. The normalized spacial score (nSPS) is 11.8. The highest BCUT2D eigenvalue weighted by molar-refractivity contribution is 6.19. The number of hydrogen-bond donors (Lipinski definition) is 0. The molecule has 0 N–H and O–H groups in total. The first-order chi connectivity index (χ1) is 25.8. The quantitative estimate of drug-likeness (QED) is 0.175. The summed E-state index contributed by atoms with van der Waals surface area (Å²) in [5.74, 6) is 0. The predicted molar refractivity (Wildman–Crippen MR) is 221 cm³/mol. The molecule has 52 heavy (non-hydrogen) atoms. The highest BCUT2D eigenvalue weighted by Gasteiger charge is 2.27. The van der Waals surface area contributed by atoms with E-state index in [4.69, 9.17) is 0 Å². The molecule has 0 fully saturated rings. The van der Waals surface area contributed by atoms with Crippen LogP contribution in [0.2, 0.25) is 0 Å². The van der Waals surface area contributed by atoms with E-state index in [-0.39, 0.29) is 0 Å². The molecule has 0 radical (unpaired) electrons. The van der Waals surface area contributed by atoms with E-state index in [0.717, 1.165) is 22.7 Å². The molecule has 0 saturated carbocycles. The van der Waals surface area contributed by atoms with E-state index in [1.54, 1.807) is 0 Å². The Morgan fingerprint density at radius 2 is 0.923 bits per heavy atom. The monoisotopic (exact) mass is 662 g/mol. The van der Waals surface area contributed by atoms with Crippen LogP contribution < -0.4 is 9.80 Å². The van der Waals surface area contributed by atoms with Crippen molar-refractivity contribution in [1.29, 1.82) is 0 Å². The number of benzene rings is 9. The van der Waals surface area contributed by atoms with Crippen LogP contribution >= 0.6 is 0 Å². The molecule has 9 aromatic carbocycles. The second-order valence-corrected chi connectivity index (χ2v) is 13.4. The van der Waals surface area contributed by atoms with Crippen molar-refractivity contribution in [2.75, 3.05) is 9.80 Å². The molecule has 10 rings (SSSR count). The van der Waals surface area contributed by atoms with Crippen molar-refractivity contribution in [3.05, 3.63) is 206 Å². The Balaban J connectivity index is 1.15. The first-order valence-electron chi connectivity index (χ1n) is 17.9. The second-order valence-electron chi connectivity index (χ2n) is 13.4. The summed E-state index contributed by atoms with van der Waals surface area (Å²) in [6, 6.07) is 74.7.